The van der Waals surface area contributed by atoms with Crippen molar-refractivity contribution in [1.29, 1.82) is 0 Å². The van der Waals surface area contributed by atoms with Gasteiger partial charge in [-0.3, -0.25) is 10.3 Å². The Morgan fingerprint density at radius 2 is 1.93 bits per heavy atom. The first-order chi connectivity index (χ1) is 13.3. The maximum atomic E-state index is 12.1. The number of nitrogens with one attached hydrogen (secondary N) is 2. The van der Waals surface area contributed by atoms with Gasteiger partial charge in [-0.2, -0.15) is 5.10 Å². The van der Waals surface area contributed by atoms with Gasteiger partial charge in [0, 0.05) is 24.5 Å². The number of nitrogens with zero attached hydrogens (tertiary/aromatic N) is 5. The Bertz CT molecular complexity index is 1030. The molecule has 134 valence electrons. The first-order valence-electron chi connectivity index (χ1n) is 8.17. The third kappa shape index (κ3) is 4.15. The van der Waals surface area contributed by atoms with E-state index >= 15 is 0 Å². The Morgan fingerprint density at radius 3 is 2.74 bits per heavy atom. The van der Waals surface area contributed by atoms with Gasteiger partial charge < -0.3 is 5.32 Å². The molecule has 27 heavy (non-hydrogen) atoms. The van der Waals surface area contributed by atoms with Gasteiger partial charge in [-0.05, 0) is 24.3 Å². The molecule has 0 saturated heterocycles. The fourth-order valence-corrected chi connectivity index (χ4v) is 3.08. The molecule has 8 nitrogen and oxygen atoms in total. The average Bonchev–Trinajstić information content (AvgIpc) is 3.37. The first-order valence-corrected chi connectivity index (χ1v) is 8.98. The number of carbonyl (C=O) groups excluding carboxylic acids is 1. The molecule has 0 bridgehead atoms. The van der Waals surface area contributed by atoms with Crippen molar-refractivity contribution >= 4 is 22.5 Å². The lowest BCUT2D eigenvalue weighted by molar-refractivity contribution is 0.251. The zero-order valence-corrected chi connectivity index (χ0v) is 14.9. The van der Waals surface area contributed by atoms with Crippen LogP contribution in [0.4, 0.5) is 9.93 Å². The van der Waals surface area contributed by atoms with E-state index in [-0.39, 0.29) is 6.03 Å². The number of benzene rings is 1. The number of carbonyl (C=O) groups is 1. The van der Waals surface area contributed by atoms with Gasteiger partial charge >= 0.3 is 6.03 Å². The van der Waals surface area contributed by atoms with Crippen LogP contribution in [0.1, 0.15) is 5.56 Å². The van der Waals surface area contributed by atoms with Crippen molar-refractivity contribution in [1.82, 2.24) is 30.3 Å². The Labute approximate surface area is 158 Å². The molecule has 0 aliphatic heterocycles. The van der Waals surface area contributed by atoms with E-state index in [0.717, 1.165) is 16.9 Å². The molecule has 0 aliphatic carbocycles. The SMILES string of the molecule is O=C(NCc1cnn(-c2ccccc2)c1)Nc1nnc(-c2ccccn2)s1. The van der Waals surface area contributed by atoms with Crippen LogP contribution in [0, 0.1) is 0 Å². The topological polar surface area (TPSA) is 97.6 Å². The summed E-state index contributed by atoms with van der Waals surface area (Å²) in [6, 6.07) is 15.0. The van der Waals surface area contributed by atoms with E-state index in [1.165, 1.54) is 11.3 Å². The number of rotatable bonds is 5. The number of anilines is 1. The molecule has 1 aromatic carbocycles. The molecule has 2 amide bonds. The summed E-state index contributed by atoms with van der Waals surface area (Å²) in [5.74, 6) is 0. The Balaban J connectivity index is 1.33. The molecule has 0 fully saturated rings. The molecule has 3 heterocycles. The van der Waals surface area contributed by atoms with Crippen molar-refractivity contribution in [3.8, 4) is 16.4 Å². The average molecular weight is 377 g/mol. The number of amides is 2. The highest BCUT2D eigenvalue weighted by Gasteiger charge is 2.10. The zero-order chi connectivity index (χ0) is 18.5. The summed E-state index contributed by atoms with van der Waals surface area (Å²) in [5.41, 5.74) is 2.57. The molecular weight excluding hydrogens is 362 g/mol. The second kappa shape index (κ2) is 7.75. The predicted octanol–water partition coefficient (Wildman–Crippen LogP) is 3.11. The number of pyridine rings is 1. The van der Waals surface area contributed by atoms with Crippen molar-refractivity contribution in [2.24, 2.45) is 0 Å². The molecule has 9 heteroatoms. The highest BCUT2D eigenvalue weighted by molar-refractivity contribution is 7.18. The molecule has 4 rings (SSSR count). The largest absolute Gasteiger partial charge is 0.334 e. The van der Waals surface area contributed by atoms with Gasteiger partial charge in [-0.15, -0.1) is 10.2 Å². The lowest BCUT2D eigenvalue weighted by atomic mass is 10.3. The van der Waals surface area contributed by atoms with E-state index in [2.05, 4.69) is 30.9 Å². The van der Waals surface area contributed by atoms with Crippen molar-refractivity contribution in [2.75, 3.05) is 5.32 Å². The summed E-state index contributed by atoms with van der Waals surface area (Å²) < 4.78 is 1.76. The zero-order valence-electron chi connectivity index (χ0n) is 14.1. The molecule has 0 spiro atoms. The van der Waals surface area contributed by atoms with E-state index in [9.17, 15) is 4.79 Å². The van der Waals surface area contributed by atoms with E-state index in [4.69, 9.17) is 0 Å². The molecule has 0 radical (unpaired) electrons. The molecule has 0 unspecified atom stereocenters. The molecule has 0 aliphatic rings. The van der Waals surface area contributed by atoms with Crippen LogP contribution in [-0.2, 0) is 6.54 Å². The van der Waals surface area contributed by atoms with Crippen LogP contribution in [0.15, 0.2) is 67.1 Å². The van der Waals surface area contributed by atoms with Crippen molar-refractivity contribution in [3.05, 3.63) is 72.7 Å². The van der Waals surface area contributed by atoms with Gasteiger partial charge in [0.15, 0.2) is 5.01 Å². The minimum Gasteiger partial charge on any atom is -0.334 e. The van der Waals surface area contributed by atoms with Crippen LogP contribution < -0.4 is 10.6 Å². The van der Waals surface area contributed by atoms with Crippen molar-refractivity contribution in [2.45, 2.75) is 6.54 Å². The lowest BCUT2D eigenvalue weighted by Crippen LogP contribution is -2.27. The fraction of sp³-hybridized carbons (Fsp3) is 0.0556. The maximum Gasteiger partial charge on any atom is 0.321 e. The van der Waals surface area contributed by atoms with Crippen LogP contribution in [-0.4, -0.2) is 31.0 Å². The molecule has 3 aromatic heterocycles. The number of hydrogen-bond acceptors (Lipinski definition) is 6. The maximum absolute atomic E-state index is 12.1. The van der Waals surface area contributed by atoms with E-state index in [1.54, 1.807) is 17.1 Å². The molecular formula is C18H15N7OS. The second-order valence-corrected chi connectivity index (χ2v) is 6.54. The minimum atomic E-state index is -0.355. The fourth-order valence-electron chi connectivity index (χ4n) is 2.36. The summed E-state index contributed by atoms with van der Waals surface area (Å²) in [7, 11) is 0. The van der Waals surface area contributed by atoms with Gasteiger partial charge in [0.1, 0.15) is 5.69 Å². The molecule has 2 N–H and O–H groups in total. The highest BCUT2D eigenvalue weighted by Crippen LogP contribution is 2.24. The lowest BCUT2D eigenvalue weighted by Gasteiger charge is -2.03. The number of hydrogen-bond donors (Lipinski definition) is 2. The number of para-hydroxylation sites is 1. The van der Waals surface area contributed by atoms with Gasteiger partial charge in [0.2, 0.25) is 5.13 Å². The third-order valence-electron chi connectivity index (χ3n) is 3.64. The molecule has 4 aromatic rings. The predicted molar refractivity (Wildman–Crippen MR) is 103 cm³/mol. The summed E-state index contributed by atoms with van der Waals surface area (Å²) in [4.78, 5) is 16.3. The standard InChI is InChI=1S/C18H15N7OS/c26-17(22-18-24-23-16(27-18)15-8-4-5-9-19-15)20-10-13-11-21-25(12-13)14-6-2-1-3-7-14/h1-9,11-12H,10H2,(H2,20,22,24,26). The molecule has 0 atom stereocenters. The van der Waals surface area contributed by atoms with Gasteiger partial charge in [-0.1, -0.05) is 35.6 Å². The summed E-state index contributed by atoms with van der Waals surface area (Å²) in [6.07, 6.45) is 5.28. The van der Waals surface area contributed by atoms with E-state index in [1.807, 2.05) is 54.7 Å². The van der Waals surface area contributed by atoms with Crippen LogP contribution in [0.3, 0.4) is 0 Å². The van der Waals surface area contributed by atoms with Gasteiger partial charge in [0.05, 0.1) is 11.9 Å². The van der Waals surface area contributed by atoms with Gasteiger partial charge in [0.25, 0.3) is 0 Å². The van der Waals surface area contributed by atoms with E-state index in [0.29, 0.717) is 16.7 Å². The Hall–Kier alpha value is -3.59. The van der Waals surface area contributed by atoms with Crippen LogP contribution in [0.25, 0.3) is 16.4 Å². The Kier molecular flexibility index (Phi) is 4.84. The third-order valence-corrected chi connectivity index (χ3v) is 4.50. The van der Waals surface area contributed by atoms with Crippen molar-refractivity contribution in [3.63, 3.8) is 0 Å². The van der Waals surface area contributed by atoms with Crippen molar-refractivity contribution < 1.29 is 4.79 Å². The smallest absolute Gasteiger partial charge is 0.321 e. The monoisotopic (exact) mass is 377 g/mol. The molecule has 0 saturated carbocycles. The minimum absolute atomic E-state index is 0.352. The summed E-state index contributed by atoms with van der Waals surface area (Å²) in [5, 5.41) is 18.8. The van der Waals surface area contributed by atoms with Crippen LogP contribution in [0.5, 0.6) is 0 Å². The Morgan fingerprint density at radius 1 is 1.07 bits per heavy atom. The highest BCUT2D eigenvalue weighted by atomic mass is 32.1. The quantitative estimate of drug-likeness (QED) is 0.557. The summed E-state index contributed by atoms with van der Waals surface area (Å²) in [6.45, 7) is 0.352. The second-order valence-electron chi connectivity index (χ2n) is 5.56. The number of aromatic nitrogens is 5. The van der Waals surface area contributed by atoms with E-state index < -0.39 is 0 Å². The summed E-state index contributed by atoms with van der Waals surface area (Å²) >= 11 is 1.26. The van der Waals surface area contributed by atoms with Crippen LogP contribution in [0.2, 0.25) is 0 Å². The van der Waals surface area contributed by atoms with Gasteiger partial charge in [-0.25, -0.2) is 9.48 Å². The van der Waals surface area contributed by atoms with Crippen LogP contribution >= 0.6 is 11.3 Å². The normalized spacial score (nSPS) is 10.5. The number of urea groups is 1. The first kappa shape index (κ1) is 16.9.